The molecule has 1 rings (SSSR count). The molecule has 0 aromatic carbocycles. The van der Waals surface area contributed by atoms with Gasteiger partial charge >= 0.3 is 5.97 Å². The fourth-order valence-corrected chi connectivity index (χ4v) is 1.80. The summed E-state index contributed by atoms with van der Waals surface area (Å²) < 4.78 is 0. The van der Waals surface area contributed by atoms with E-state index in [0.29, 0.717) is 6.54 Å². The van der Waals surface area contributed by atoms with Gasteiger partial charge in [-0.15, -0.1) is 10.2 Å². The molecule has 15 heavy (non-hydrogen) atoms. The van der Waals surface area contributed by atoms with E-state index in [2.05, 4.69) is 17.1 Å². The third kappa shape index (κ3) is 4.24. The van der Waals surface area contributed by atoms with Crippen LogP contribution in [-0.4, -0.2) is 34.4 Å². The van der Waals surface area contributed by atoms with Crippen molar-refractivity contribution in [2.75, 3.05) is 18.0 Å². The summed E-state index contributed by atoms with van der Waals surface area (Å²) in [5.41, 5.74) is 1.66. The van der Waals surface area contributed by atoms with E-state index < -0.39 is 5.97 Å². The molecule has 1 aromatic heterocycles. The quantitative estimate of drug-likeness (QED) is 0.769. The fraction of sp³-hybridized carbons (Fsp3) is 0.667. The summed E-state index contributed by atoms with van der Waals surface area (Å²) >= 11 is 1.44. The average Bonchev–Trinajstić information content (AvgIpc) is 2.71. The Kier molecular flexibility index (Phi) is 5.03. The van der Waals surface area contributed by atoms with Gasteiger partial charge in [0.2, 0.25) is 5.13 Å². The van der Waals surface area contributed by atoms with Gasteiger partial charge in [0.05, 0.1) is 6.42 Å². The Balaban J connectivity index is 2.49. The molecular formula is C9H15N3O2S. The molecule has 0 saturated carbocycles. The Bertz CT molecular complexity index is 290. The lowest BCUT2D eigenvalue weighted by molar-refractivity contribution is -0.136. The van der Waals surface area contributed by atoms with Gasteiger partial charge in [-0.25, -0.2) is 0 Å². The smallest absolute Gasteiger partial charge is 0.305 e. The number of carboxylic acids is 1. The Labute approximate surface area is 92.7 Å². The zero-order chi connectivity index (χ0) is 11.1. The van der Waals surface area contributed by atoms with Crippen molar-refractivity contribution < 1.29 is 9.90 Å². The highest BCUT2D eigenvalue weighted by Crippen LogP contribution is 2.16. The van der Waals surface area contributed by atoms with Crippen LogP contribution in [-0.2, 0) is 4.79 Å². The first-order valence-electron chi connectivity index (χ1n) is 4.97. The van der Waals surface area contributed by atoms with Crippen LogP contribution in [0, 0.1) is 0 Å². The van der Waals surface area contributed by atoms with E-state index in [1.165, 1.54) is 11.3 Å². The summed E-state index contributed by atoms with van der Waals surface area (Å²) in [5.74, 6) is -0.777. The molecule has 1 heterocycles. The second kappa shape index (κ2) is 6.34. The van der Waals surface area contributed by atoms with Crippen molar-refractivity contribution in [1.29, 1.82) is 0 Å². The molecule has 0 unspecified atom stereocenters. The Morgan fingerprint density at radius 1 is 1.60 bits per heavy atom. The van der Waals surface area contributed by atoms with E-state index in [-0.39, 0.29) is 6.42 Å². The van der Waals surface area contributed by atoms with E-state index in [1.54, 1.807) is 5.51 Å². The first kappa shape index (κ1) is 11.9. The van der Waals surface area contributed by atoms with Gasteiger partial charge in [0.25, 0.3) is 0 Å². The molecule has 0 radical (unpaired) electrons. The fourth-order valence-electron chi connectivity index (χ4n) is 1.19. The molecule has 5 nitrogen and oxygen atoms in total. The Hall–Kier alpha value is -1.17. The summed E-state index contributed by atoms with van der Waals surface area (Å²) in [6, 6.07) is 0. The molecule has 0 saturated heterocycles. The standard InChI is InChI=1S/C9H15N3O2S/c1-2-3-5-12(6-4-8(13)14)9-11-10-7-15-9/h7H,2-6H2,1H3,(H,13,14). The average molecular weight is 229 g/mol. The van der Waals surface area contributed by atoms with Crippen molar-refractivity contribution in [1.82, 2.24) is 10.2 Å². The minimum Gasteiger partial charge on any atom is -0.481 e. The van der Waals surface area contributed by atoms with Crippen LogP contribution in [0.3, 0.4) is 0 Å². The summed E-state index contributed by atoms with van der Waals surface area (Å²) in [4.78, 5) is 12.5. The maximum atomic E-state index is 10.5. The van der Waals surface area contributed by atoms with Crippen molar-refractivity contribution in [3.63, 3.8) is 0 Å². The highest BCUT2D eigenvalue weighted by atomic mass is 32.1. The maximum absolute atomic E-state index is 10.5. The molecule has 1 N–H and O–H groups in total. The number of unbranched alkanes of at least 4 members (excludes halogenated alkanes) is 1. The molecule has 6 heteroatoms. The molecule has 0 aliphatic carbocycles. The zero-order valence-electron chi connectivity index (χ0n) is 8.72. The summed E-state index contributed by atoms with van der Waals surface area (Å²) in [6.07, 6.45) is 2.27. The van der Waals surface area contributed by atoms with Crippen LogP contribution in [0.5, 0.6) is 0 Å². The van der Waals surface area contributed by atoms with E-state index >= 15 is 0 Å². The van der Waals surface area contributed by atoms with Gasteiger partial charge in [0.1, 0.15) is 5.51 Å². The summed E-state index contributed by atoms with van der Waals surface area (Å²) in [5, 5.41) is 17.1. The first-order valence-corrected chi connectivity index (χ1v) is 5.85. The Morgan fingerprint density at radius 3 is 2.93 bits per heavy atom. The van der Waals surface area contributed by atoms with Crippen LogP contribution in [0.1, 0.15) is 26.2 Å². The van der Waals surface area contributed by atoms with Gasteiger partial charge in [0, 0.05) is 13.1 Å². The van der Waals surface area contributed by atoms with Crippen molar-refractivity contribution in [3.05, 3.63) is 5.51 Å². The number of anilines is 1. The Morgan fingerprint density at radius 2 is 2.40 bits per heavy atom. The number of carboxylic acid groups (broad SMARTS) is 1. The number of rotatable bonds is 7. The SMILES string of the molecule is CCCCN(CCC(=O)O)c1nncs1. The van der Waals surface area contributed by atoms with Crippen LogP contribution in [0.25, 0.3) is 0 Å². The van der Waals surface area contributed by atoms with E-state index in [1.807, 2.05) is 4.90 Å². The lowest BCUT2D eigenvalue weighted by atomic mass is 10.3. The first-order chi connectivity index (χ1) is 7.24. The molecule has 0 aliphatic rings. The van der Waals surface area contributed by atoms with Crippen LogP contribution in [0.2, 0.25) is 0 Å². The van der Waals surface area contributed by atoms with Gasteiger partial charge in [0.15, 0.2) is 0 Å². The summed E-state index contributed by atoms with van der Waals surface area (Å²) in [7, 11) is 0. The number of carbonyl (C=O) groups is 1. The largest absolute Gasteiger partial charge is 0.481 e. The number of aliphatic carboxylic acids is 1. The van der Waals surface area contributed by atoms with Crippen LogP contribution >= 0.6 is 11.3 Å². The molecule has 0 fully saturated rings. The lowest BCUT2D eigenvalue weighted by Crippen LogP contribution is -2.27. The highest BCUT2D eigenvalue weighted by Gasteiger charge is 2.10. The predicted molar refractivity (Wildman–Crippen MR) is 59.3 cm³/mol. The monoisotopic (exact) mass is 229 g/mol. The summed E-state index contributed by atoms with van der Waals surface area (Å²) in [6.45, 7) is 3.46. The third-order valence-electron chi connectivity index (χ3n) is 2.00. The van der Waals surface area contributed by atoms with Crippen LogP contribution in [0.4, 0.5) is 5.13 Å². The van der Waals surface area contributed by atoms with Crippen molar-refractivity contribution in [2.45, 2.75) is 26.2 Å². The molecule has 1 aromatic rings. The van der Waals surface area contributed by atoms with Gasteiger partial charge < -0.3 is 10.0 Å². The topological polar surface area (TPSA) is 66.3 Å². The van der Waals surface area contributed by atoms with Crippen molar-refractivity contribution >= 4 is 22.4 Å². The predicted octanol–water partition coefficient (Wildman–Crippen LogP) is 1.62. The number of hydrogen-bond donors (Lipinski definition) is 1. The number of hydrogen-bond acceptors (Lipinski definition) is 5. The molecule has 0 spiro atoms. The molecule has 0 bridgehead atoms. The number of nitrogens with zero attached hydrogens (tertiary/aromatic N) is 3. The van der Waals surface area contributed by atoms with Gasteiger partial charge in [-0.3, -0.25) is 4.79 Å². The molecule has 0 amide bonds. The van der Waals surface area contributed by atoms with Crippen molar-refractivity contribution in [3.8, 4) is 0 Å². The number of aromatic nitrogens is 2. The third-order valence-corrected chi connectivity index (χ3v) is 2.75. The van der Waals surface area contributed by atoms with Gasteiger partial charge in [-0.2, -0.15) is 0 Å². The molecule has 0 aliphatic heterocycles. The highest BCUT2D eigenvalue weighted by molar-refractivity contribution is 7.13. The maximum Gasteiger partial charge on any atom is 0.305 e. The van der Waals surface area contributed by atoms with E-state index in [0.717, 1.165) is 24.5 Å². The van der Waals surface area contributed by atoms with E-state index in [9.17, 15) is 4.79 Å². The second-order valence-electron chi connectivity index (χ2n) is 3.21. The van der Waals surface area contributed by atoms with E-state index in [4.69, 9.17) is 5.11 Å². The van der Waals surface area contributed by atoms with Gasteiger partial charge in [-0.05, 0) is 6.42 Å². The molecule has 0 atom stereocenters. The minimum atomic E-state index is -0.777. The normalized spacial score (nSPS) is 10.2. The lowest BCUT2D eigenvalue weighted by Gasteiger charge is -2.19. The minimum absolute atomic E-state index is 0.142. The van der Waals surface area contributed by atoms with Crippen LogP contribution < -0.4 is 4.90 Å². The zero-order valence-corrected chi connectivity index (χ0v) is 9.53. The molecular weight excluding hydrogens is 214 g/mol. The second-order valence-corrected chi connectivity index (χ2v) is 4.02. The van der Waals surface area contributed by atoms with Gasteiger partial charge in [-0.1, -0.05) is 24.7 Å². The van der Waals surface area contributed by atoms with Crippen molar-refractivity contribution in [2.24, 2.45) is 0 Å². The van der Waals surface area contributed by atoms with Crippen LogP contribution in [0.15, 0.2) is 5.51 Å². The molecule has 84 valence electrons.